The lowest BCUT2D eigenvalue weighted by molar-refractivity contribution is -0.384. The van der Waals surface area contributed by atoms with Crippen LogP contribution in [0.3, 0.4) is 0 Å². The highest BCUT2D eigenvalue weighted by atomic mass is 32.2. The van der Waals surface area contributed by atoms with E-state index < -0.39 is 14.9 Å². The lowest BCUT2D eigenvalue weighted by Crippen LogP contribution is -2.34. The van der Waals surface area contributed by atoms with Crippen LogP contribution in [0.2, 0.25) is 0 Å². The summed E-state index contributed by atoms with van der Waals surface area (Å²) in [6, 6.07) is 11.3. The maximum atomic E-state index is 12.4. The van der Waals surface area contributed by atoms with E-state index in [2.05, 4.69) is 14.8 Å². The third-order valence-electron chi connectivity index (χ3n) is 5.43. The molecule has 2 aromatic rings. The number of non-ortho nitro benzene ring substituents is 1. The van der Waals surface area contributed by atoms with E-state index in [4.69, 9.17) is 0 Å². The molecular weight excluding hydrogens is 404 g/mol. The molecule has 0 amide bonds. The normalized spacial score (nSPS) is 15.3. The first-order chi connectivity index (χ1) is 14.3. The summed E-state index contributed by atoms with van der Waals surface area (Å²) in [5.41, 5.74) is 2.15. The molecule has 3 rings (SSSR count). The van der Waals surface area contributed by atoms with Gasteiger partial charge in [0.15, 0.2) is 0 Å². The van der Waals surface area contributed by atoms with Gasteiger partial charge in [-0.05, 0) is 38.0 Å². The predicted molar refractivity (Wildman–Crippen MR) is 117 cm³/mol. The Morgan fingerprint density at radius 3 is 2.43 bits per heavy atom. The fourth-order valence-corrected chi connectivity index (χ4v) is 4.47. The minimum Gasteiger partial charge on any atom is -0.371 e. The average Bonchev–Trinajstić information content (AvgIpc) is 2.74. The van der Waals surface area contributed by atoms with Crippen LogP contribution in [0.4, 0.5) is 11.4 Å². The molecule has 0 bridgehead atoms. The zero-order valence-corrected chi connectivity index (χ0v) is 17.9. The molecule has 0 aliphatic heterocycles. The maximum absolute atomic E-state index is 12.4. The number of anilines is 1. The maximum Gasteiger partial charge on any atom is 0.276 e. The number of benzene rings is 2. The van der Waals surface area contributed by atoms with Crippen molar-refractivity contribution in [1.82, 2.24) is 4.83 Å². The molecule has 2 aromatic carbocycles. The van der Waals surface area contributed by atoms with Crippen molar-refractivity contribution in [3.8, 4) is 0 Å². The zero-order chi connectivity index (χ0) is 21.7. The zero-order valence-electron chi connectivity index (χ0n) is 17.1. The Labute approximate surface area is 176 Å². The first-order valence-electron chi connectivity index (χ1n) is 9.91. The molecule has 0 aromatic heterocycles. The van der Waals surface area contributed by atoms with Crippen LogP contribution in [0, 0.1) is 17.0 Å². The summed E-state index contributed by atoms with van der Waals surface area (Å²) in [7, 11) is -1.86. The molecule has 160 valence electrons. The quantitative estimate of drug-likeness (QED) is 0.406. The molecule has 1 aliphatic rings. The summed E-state index contributed by atoms with van der Waals surface area (Å²) in [6.45, 7) is 1.87. The second-order valence-corrected chi connectivity index (χ2v) is 9.23. The number of nitrogens with one attached hydrogen (secondary N) is 1. The first-order valence-corrected chi connectivity index (χ1v) is 11.4. The molecule has 1 N–H and O–H groups in total. The van der Waals surface area contributed by atoms with E-state index in [1.807, 2.05) is 14.0 Å². The Hall–Kier alpha value is -2.94. The molecule has 1 aliphatic carbocycles. The van der Waals surface area contributed by atoms with Gasteiger partial charge in [0.05, 0.1) is 16.0 Å². The van der Waals surface area contributed by atoms with E-state index in [9.17, 15) is 18.5 Å². The van der Waals surface area contributed by atoms with Crippen LogP contribution in [-0.4, -0.2) is 32.6 Å². The molecule has 30 heavy (non-hydrogen) atoms. The van der Waals surface area contributed by atoms with E-state index in [0.717, 1.165) is 36.9 Å². The second kappa shape index (κ2) is 9.25. The van der Waals surface area contributed by atoms with Crippen LogP contribution >= 0.6 is 0 Å². The van der Waals surface area contributed by atoms with Crippen LogP contribution in [-0.2, 0) is 10.0 Å². The number of hydrogen-bond acceptors (Lipinski definition) is 6. The van der Waals surface area contributed by atoms with E-state index in [0.29, 0.717) is 11.6 Å². The van der Waals surface area contributed by atoms with Crippen LogP contribution in [0.5, 0.6) is 0 Å². The van der Waals surface area contributed by atoms with Gasteiger partial charge in [-0.15, -0.1) is 0 Å². The summed E-state index contributed by atoms with van der Waals surface area (Å²) in [6.07, 6.45) is 6.98. The first kappa shape index (κ1) is 21.8. The molecular formula is C21H26N4O4S. The number of hydrazone groups is 1. The van der Waals surface area contributed by atoms with Gasteiger partial charge in [0.1, 0.15) is 0 Å². The molecule has 8 nitrogen and oxygen atoms in total. The summed E-state index contributed by atoms with van der Waals surface area (Å²) in [4.78, 5) is 15.1. The van der Waals surface area contributed by atoms with Crippen molar-refractivity contribution in [3.05, 3.63) is 63.7 Å². The minimum atomic E-state index is -3.82. The Kier molecular flexibility index (Phi) is 6.71. The lowest BCUT2D eigenvalue weighted by Gasteiger charge is -2.33. The van der Waals surface area contributed by atoms with Crippen molar-refractivity contribution in [2.24, 2.45) is 5.10 Å². The largest absolute Gasteiger partial charge is 0.371 e. The highest BCUT2D eigenvalue weighted by Crippen LogP contribution is 2.30. The highest BCUT2D eigenvalue weighted by molar-refractivity contribution is 7.89. The Balaban J connectivity index is 1.86. The fourth-order valence-electron chi connectivity index (χ4n) is 3.68. The summed E-state index contributed by atoms with van der Waals surface area (Å²) in [5.74, 6) is 0. The van der Waals surface area contributed by atoms with E-state index >= 15 is 0 Å². The van der Waals surface area contributed by atoms with Gasteiger partial charge in [-0.3, -0.25) is 10.1 Å². The number of nitro groups is 1. The van der Waals surface area contributed by atoms with Crippen LogP contribution in [0.25, 0.3) is 0 Å². The SMILES string of the molecule is Cc1ccc(S(=O)(=O)NN=Cc2cc([N+](=O)[O-])ccc2N(C)C2CCCCC2)cc1. The molecule has 0 heterocycles. The molecule has 0 spiro atoms. The van der Waals surface area contributed by atoms with Gasteiger partial charge >= 0.3 is 0 Å². The van der Waals surface area contributed by atoms with Gasteiger partial charge in [-0.2, -0.15) is 13.5 Å². The Bertz CT molecular complexity index is 1030. The van der Waals surface area contributed by atoms with E-state index in [-0.39, 0.29) is 10.6 Å². The fraction of sp³-hybridized carbons (Fsp3) is 0.381. The third-order valence-corrected chi connectivity index (χ3v) is 6.67. The number of rotatable bonds is 7. The molecule has 0 saturated heterocycles. The molecule has 0 unspecified atom stereocenters. The molecule has 0 atom stereocenters. The van der Waals surface area contributed by atoms with Gasteiger partial charge in [0, 0.05) is 36.5 Å². The monoisotopic (exact) mass is 430 g/mol. The van der Waals surface area contributed by atoms with Crippen molar-refractivity contribution in [2.45, 2.75) is 50.0 Å². The standard InChI is InChI=1S/C21H26N4O4S/c1-16-8-11-20(12-9-16)30(28,29)23-22-15-17-14-19(25(26)27)10-13-21(17)24(2)18-6-4-3-5-7-18/h8-15,18,23H,3-7H2,1-2H3. The third kappa shape index (κ3) is 5.15. The number of nitro benzene ring substituents is 1. The smallest absolute Gasteiger partial charge is 0.276 e. The summed E-state index contributed by atoms with van der Waals surface area (Å²) < 4.78 is 24.9. The predicted octanol–water partition coefficient (Wildman–Crippen LogP) is 3.98. The molecule has 1 saturated carbocycles. The highest BCUT2D eigenvalue weighted by Gasteiger charge is 2.21. The summed E-state index contributed by atoms with van der Waals surface area (Å²) in [5, 5.41) is 15.1. The second-order valence-electron chi connectivity index (χ2n) is 7.57. The van der Waals surface area contributed by atoms with Crippen molar-refractivity contribution in [1.29, 1.82) is 0 Å². The van der Waals surface area contributed by atoms with Crippen molar-refractivity contribution in [3.63, 3.8) is 0 Å². The number of aryl methyl sites for hydroxylation is 1. The average molecular weight is 431 g/mol. The van der Waals surface area contributed by atoms with E-state index in [1.165, 1.54) is 36.9 Å². The Morgan fingerprint density at radius 2 is 1.80 bits per heavy atom. The molecule has 1 fully saturated rings. The number of hydrogen-bond donors (Lipinski definition) is 1. The number of sulfonamides is 1. The Morgan fingerprint density at radius 1 is 1.13 bits per heavy atom. The van der Waals surface area contributed by atoms with Gasteiger partial charge in [-0.25, -0.2) is 4.83 Å². The van der Waals surface area contributed by atoms with Crippen LogP contribution < -0.4 is 9.73 Å². The molecule has 0 radical (unpaired) electrons. The van der Waals surface area contributed by atoms with Gasteiger partial charge in [0.2, 0.25) is 0 Å². The molecule has 9 heteroatoms. The van der Waals surface area contributed by atoms with E-state index in [1.54, 1.807) is 18.2 Å². The summed E-state index contributed by atoms with van der Waals surface area (Å²) >= 11 is 0. The van der Waals surface area contributed by atoms with Gasteiger partial charge in [0.25, 0.3) is 15.7 Å². The van der Waals surface area contributed by atoms with Crippen molar-refractivity contribution < 1.29 is 13.3 Å². The van der Waals surface area contributed by atoms with Gasteiger partial charge in [-0.1, -0.05) is 37.0 Å². The van der Waals surface area contributed by atoms with Crippen molar-refractivity contribution in [2.75, 3.05) is 11.9 Å². The lowest BCUT2D eigenvalue weighted by atomic mass is 9.94. The van der Waals surface area contributed by atoms with Crippen LogP contribution in [0.15, 0.2) is 52.5 Å². The number of nitrogens with zero attached hydrogens (tertiary/aromatic N) is 3. The van der Waals surface area contributed by atoms with Crippen molar-refractivity contribution >= 4 is 27.6 Å². The van der Waals surface area contributed by atoms with Gasteiger partial charge < -0.3 is 4.90 Å². The topological polar surface area (TPSA) is 105 Å². The minimum absolute atomic E-state index is 0.0707. The van der Waals surface area contributed by atoms with Crippen LogP contribution in [0.1, 0.15) is 43.2 Å².